The zero-order valence-corrected chi connectivity index (χ0v) is 11.6. The number of primary amides is 1. The van der Waals surface area contributed by atoms with Gasteiger partial charge in [0, 0.05) is 19.6 Å². The first kappa shape index (κ1) is 14.5. The third-order valence-corrected chi connectivity index (χ3v) is 3.51. The summed E-state index contributed by atoms with van der Waals surface area (Å²) in [5.74, 6) is -0.469. The standard InChI is InChI=1S/C12H16ClN5O2/c1-2-4-18-12(20)10(13)8(7-16-18)17-5-3-15-6-9(17)11(14)19/h2,7,9,15H,1,3-6H2,(H2,14,19). The number of nitrogens with zero attached hydrogens (tertiary/aromatic N) is 3. The molecule has 8 heteroatoms. The summed E-state index contributed by atoms with van der Waals surface area (Å²) in [6.45, 7) is 5.45. The quantitative estimate of drug-likeness (QED) is 0.720. The Morgan fingerprint density at radius 2 is 2.45 bits per heavy atom. The fourth-order valence-electron chi connectivity index (χ4n) is 2.16. The van der Waals surface area contributed by atoms with Crippen LogP contribution in [0.3, 0.4) is 0 Å². The van der Waals surface area contributed by atoms with Crippen molar-refractivity contribution in [3.63, 3.8) is 0 Å². The third kappa shape index (κ3) is 2.68. The van der Waals surface area contributed by atoms with E-state index in [2.05, 4.69) is 17.0 Å². The summed E-state index contributed by atoms with van der Waals surface area (Å²) in [4.78, 5) is 25.3. The molecule has 1 aliphatic rings. The van der Waals surface area contributed by atoms with Crippen LogP contribution in [0.4, 0.5) is 5.69 Å². The number of anilines is 1. The van der Waals surface area contributed by atoms with Gasteiger partial charge in [-0.2, -0.15) is 5.10 Å². The molecule has 1 aliphatic heterocycles. The van der Waals surface area contributed by atoms with Gasteiger partial charge >= 0.3 is 0 Å². The lowest BCUT2D eigenvalue weighted by Gasteiger charge is -2.36. The summed E-state index contributed by atoms with van der Waals surface area (Å²) < 4.78 is 1.21. The molecule has 1 fully saturated rings. The van der Waals surface area contributed by atoms with E-state index >= 15 is 0 Å². The summed E-state index contributed by atoms with van der Waals surface area (Å²) >= 11 is 6.12. The van der Waals surface area contributed by atoms with Gasteiger partial charge in [-0.1, -0.05) is 17.7 Å². The van der Waals surface area contributed by atoms with Gasteiger partial charge in [0.25, 0.3) is 5.56 Å². The monoisotopic (exact) mass is 297 g/mol. The van der Waals surface area contributed by atoms with Crippen molar-refractivity contribution in [3.8, 4) is 0 Å². The van der Waals surface area contributed by atoms with Gasteiger partial charge in [-0.25, -0.2) is 4.68 Å². The molecule has 1 aromatic rings. The van der Waals surface area contributed by atoms with E-state index in [1.165, 1.54) is 10.9 Å². The number of carbonyl (C=O) groups is 1. The van der Waals surface area contributed by atoms with Crippen molar-refractivity contribution in [3.05, 3.63) is 34.2 Å². The lowest BCUT2D eigenvalue weighted by Crippen LogP contribution is -2.57. The number of piperazine rings is 1. The molecule has 0 aliphatic carbocycles. The number of carbonyl (C=O) groups excluding carboxylic acids is 1. The molecule has 1 atom stereocenters. The van der Waals surface area contributed by atoms with Gasteiger partial charge in [0.1, 0.15) is 11.1 Å². The van der Waals surface area contributed by atoms with E-state index in [0.717, 1.165) is 0 Å². The molecular weight excluding hydrogens is 282 g/mol. The molecule has 0 bridgehead atoms. The highest BCUT2D eigenvalue weighted by atomic mass is 35.5. The maximum atomic E-state index is 12.1. The number of allylic oxidation sites excluding steroid dienone is 1. The molecule has 0 radical (unpaired) electrons. The maximum absolute atomic E-state index is 12.1. The van der Waals surface area contributed by atoms with Gasteiger partial charge in [0.2, 0.25) is 5.91 Å². The van der Waals surface area contributed by atoms with Crippen LogP contribution >= 0.6 is 11.6 Å². The topological polar surface area (TPSA) is 93.2 Å². The first-order valence-corrected chi connectivity index (χ1v) is 6.57. The summed E-state index contributed by atoms with van der Waals surface area (Å²) in [6.07, 6.45) is 3.04. The van der Waals surface area contributed by atoms with Crippen molar-refractivity contribution < 1.29 is 4.79 Å². The van der Waals surface area contributed by atoms with Crippen molar-refractivity contribution >= 4 is 23.2 Å². The molecule has 1 unspecified atom stereocenters. The molecule has 0 saturated carbocycles. The van der Waals surface area contributed by atoms with Crippen LogP contribution in [0.2, 0.25) is 5.02 Å². The molecule has 0 aromatic carbocycles. The number of hydrogen-bond acceptors (Lipinski definition) is 5. The van der Waals surface area contributed by atoms with E-state index in [1.54, 1.807) is 11.0 Å². The summed E-state index contributed by atoms with van der Waals surface area (Å²) in [7, 11) is 0. The van der Waals surface area contributed by atoms with Crippen LogP contribution in [0, 0.1) is 0 Å². The van der Waals surface area contributed by atoms with Crippen LogP contribution in [0.1, 0.15) is 0 Å². The van der Waals surface area contributed by atoms with E-state index in [-0.39, 0.29) is 11.6 Å². The van der Waals surface area contributed by atoms with Crippen molar-refractivity contribution in [2.75, 3.05) is 24.5 Å². The number of hydrogen-bond donors (Lipinski definition) is 2. The number of nitrogens with one attached hydrogen (secondary N) is 1. The molecule has 0 spiro atoms. The van der Waals surface area contributed by atoms with E-state index in [9.17, 15) is 9.59 Å². The van der Waals surface area contributed by atoms with Crippen molar-refractivity contribution in [1.82, 2.24) is 15.1 Å². The van der Waals surface area contributed by atoms with Crippen molar-refractivity contribution in [2.24, 2.45) is 5.73 Å². The lowest BCUT2D eigenvalue weighted by atomic mass is 10.1. The van der Waals surface area contributed by atoms with Gasteiger partial charge in [-0.05, 0) is 0 Å². The van der Waals surface area contributed by atoms with Crippen LogP contribution in [0.5, 0.6) is 0 Å². The smallest absolute Gasteiger partial charge is 0.287 e. The minimum Gasteiger partial charge on any atom is -0.368 e. The first-order chi connectivity index (χ1) is 9.56. The number of nitrogens with two attached hydrogens (primary N) is 1. The molecule has 7 nitrogen and oxygen atoms in total. The van der Waals surface area contributed by atoms with Gasteiger partial charge in [-0.15, -0.1) is 6.58 Å². The summed E-state index contributed by atoms with van der Waals surface area (Å²) in [6, 6.07) is -0.544. The largest absolute Gasteiger partial charge is 0.368 e. The third-order valence-electron chi connectivity index (χ3n) is 3.15. The van der Waals surface area contributed by atoms with E-state index in [4.69, 9.17) is 17.3 Å². The van der Waals surface area contributed by atoms with Gasteiger partial charge in [0.15, 0.2) is 0 Å². The molecular formula is C12H16ClN5O2. The fourth-order valence-corrected chi connectivity index (χ4v) is 2.41. The second kappa shape index (κ2) is 6.06. The average molecular weight is 298 g/mol. The number of aromatic nitrogens is 2. The summed E-state index contributed by atoms with van der Waals surface area (Å²) in [5.41, 5.74) is 5.40. The predicted molar refractivity (Wildman–Crippen MR) is 76.9 cm³/mol. The Kier molecular flexibility index (Phi) is 4.41. The fraction of sp³-hybridized carbons (Fsp3) is 0.417. The summed E-state index contributed by atoms with van der Waals surface area (Å²) in [5, 5.41) is 7.15. The second-order valence-electron chi connectivity index (χ2n) is 4.44. The minimum absolute atomic E-state index is 0.0370. The van der Waals surface area contributed by atoms with Crippen LogP contribution in [-0.2, 0) is 11.3 Å². The van der Waals surface area contributed by atoms with Crippen LogP contribution < -0.4 is 21.5 Å². The number of rotatable bonds is 4. The molecule has 1 saturated heterocycles. The second-order valence-corrected chi connectivity index (χ2v) is 4.81. The molecule has 1 aromatic heterocycles. The number of amides is 1. The Bertz CT molecular complexity index is 586. The zero-order valence-electron chi connectivity index (χ0n) is 10.9. The SMILES string of the molecule is C=CCn1ncc(N2CCNCC2C(N)=O)c(Cl)c1=O. The highest BCUT2D eigenvalue weighted by Crippen LogP contribution is 2.23. The molecule has 1 amide bonds. The van der Waals surface area contributed by atoms with E-state index < -0.39 is 17.5 Å². The first-order valence-electron chi connectivity index (χ1n) is 6.19. The van der Waals surface area contributed by atoms with Crippen LogP contribution in [-0.4, -0.2) is 41.4 Å². The highest BCUT2D eigenvalue weighted by Gasteiger charge is 2.29. The molecule has 2 heterocycles. The van der Waals surface area contributed by atoms with Crippen LogP contribution in [0.15, 0.2) is 23.6 Å². The molecule has 3 N–H and O–H groups in total. The van der Waals surface area contributed by atoms with Crippen molar-refractivity contribution in [2.45, 2.75) is 12.6 Å². The van der Waals surface area contributed by atoms with Crippen LogP contribution in [0.25, 0.3) is 0 Å². The molecule has 2 rings (SSSR count). The normalized spacial score (nSPS) is 18.9. The van der Waals surface area contributed by atoms with Gasteiger partial charge < -0.3 is 16.0 Å². The Morgan fingerprint density at radius 3 is 3.10 bits per heavy atom. The van der Waals surface area contributed by atoms with E-state index in [1.807, 2.05) is 0 Å². The zero-order chi connectivity index (χ0) is 14.7. The Hall–Kier alpha value is -1.86. The Balaban J connectivity index is 2.41. The predicted octanol–water partition coefficient (Wildman–Crippen LogP) is -0.654. The van der Waals surface area contributed by atoms with Gasteiger partial charge in [-0.3, -0.25) is 9.59 Å². The highest BCUT2D eigenvalue weighted by molar-refractivity contribution is 6.33. The maximum Gasteiger partial charge on any atom is 0.287 e. The minimum atomic E-state index is -0.544. The number of halogens is 1. The molecule has 108 valence electrons. The molecule has 20 heavy (non-hydrogen) atoms. The lowest BCUT2D eigenvalue weighted by molar-refractivity contribution is -0.119. The Labute approximate surface area is 121 Å². The average Bonchev–Trinajstić information content (AvgIpc) is 2.44. The van der Waals surface area contributed by atoms with E-state index in [0.29, 0.717) is 25.3 Å². The van der Waals surface area contributed by atoms with Crippen molar-refractivity contribution in [1.29, 1.82) is 0 Å². The van der Waals surface area contributed by atoms with Gasteiger partial charge in [0.05, 0.1) is 18.4 Å². The Morgan fingerprint density at radius 1 is 1.70 bits per heavy atom.